The number of aliphatic carboxylic acids is 1. The third-order valence-electron chi connectivity index (χ3n) is 6.84. The van der Waals surface area contributed by atoms with Crippen molar-refractivity contribution in [2.45, 2.75) is 56.8 Å². The minimum atomic E-state index is -4.81. The van der Waals surface area contributed by atoms with Crippen LogP contribution >= 0.6 is 0 Å². The lowest BCUT2D eigenvalue weighted by Gasteiger charge is -2.44. The molecule has 36 heavy (non-hydrogen) atoms. The molecule has 2 aliphatic rings. The van der Waals surface area contributed by atoms with E-state index in [1.165, 1.54) is 12.1 Å². The van der Waals surface area contributed by atoms with E-state index in [-0.39, 0.29) is 54.5 Å². The van der Waals surface area contributed by atoms with Crippen molar-refractivity contribution in [3.63, 3.8) is 0 Å². The van der Waals surface area contributed by atoms with E-state index < -0.39 is 18.1 Å². The van der Waals surface area contributed by atoms with Crippen LogP contribution in [0.5, 0.6) is 5.75 Å². The summed E-state index contributed by atoms with van der Waals surface area (Å²) in [6.45, 7) is 0.385. The number of hydrogen-bond acceptors (Lipinski definition) is 4. The van der Waals surface area contributed by atoms with Crippen molar-refractivity contribution in [1.82, 2.24) is 5.32 Å². The highest BCUT2D eigenvalue weighted by Gasteiger charge is 2.45. The smallest absolute Gasteiger partial charge is 0.481 e. The fourth-order valence-electron chi connectivity index (χ4n) is 5.36. The number of anilines is 1. The average Bonchev–Trinajstić information content (AvgIpc) is 3.30. The van der Waals surface area contributed by atoms with Crippen LogP contribution in [0.3, 0.4) is 0 Å². The van der Waals surface area contributed by atoms with Crippen LogP contribution in [-0.4, -0.2) is 41.8 Å². The lowest BCUT2D eigenvalue weighted by atomic mass is 9.77. The lowest BCUT2D eigenvalue weighted by molar-refractivity contribution is -0.274. The molecule has 2 N–H and O–H groups in total. The van der Waals surface area contributed by atoms with E-state index in [2.05, 4.69) is 10.1 Å². The normalized spacial score (nSPS) is 20.9. The van der Waals surface area contributed by atoms with Crippen LogP contribution < -0.4 is 15.0 Å². The molecule has 192 valence electrons. The SMILES string of the molecule is O=C(O)CCCC(=O)NCC1c2ccccc2N(C(=O)c2ccc(OC(F)(F)F)cc2)C2CCCC12. The molecule has 1 fully saturated rings. The molecule has 2 aromatic carbocycles. The molecular formula is C26H27F3N2O5. The second kappa shape index (κ2) is 10.6. The number of benzene rings is 2. The average molecular weight is 505 g/mol. The van der Waals surface area contributed by atoms with Crippen molar-refractivity contribution in [2.24, 2.45) is 5.92 Å². The van der Waals surface area contributed by atoms with Crippen LogP contribution in [0, 0.1) is 5.92 Å². The number of fused-ring (bicyclic) bond motifs is 2. The summed E-state index contributed by atoms with van der Waals surface area (Å²) in [5.74, 6) is -1.74. The summed E-state index contributed by atoms with van der Waals surface area (Å²) < 4.78 is 41.4. The summed E-state index contributed by atoms with van der Waals surface area (Å²) in [5, 5.41) is 11.7. The topological polar surface area (TPSA) is 95.9 Å². The van der Waals surface area contributed by atoms with Gasteiger partial charge in [-0.15, -0.1) is 13.2 Å². The van der Waals surface area contributed by atoms with Gasteiger partial charge in [-0.2, -0.15) is 0 Å². The van der Waals surface area contributed by atoms with E-state index in [9.17, 15) is 27.6 Å². The van der Waals surface area contributed by atoms with Crippen LogP contribution in [0.15, 0.2) is 48.5 Å². The molecule has 1 saturated carbocycles. The maximum absolute atomic E-state index is 13.6. The first-order valence-corrected chi connectivity index (χ1v) is 11.9. The molecule has 0 radical (unpaired) electrons. The Kier molecular flexibility index (Phi) is 7.51. The Morgan fingerprint density at radius 1 is 1.03 bits per heavy atom. The Labute approximate surface area is 206 Å². The van der Waals surface area contributed by atoms with Gasteiger partial charge in [-0.1, -0.05) is 24.6 Å². The van der Waals surface area contributed by atoms with E-state index >= 15 is 0 Å². The van der Waals surface area contributed by atoms with E-state index in [1.807, 2.05) is 24.3 Å². The standard InChI is InChI=1S/C26H27F3N2O5/c27-26(28,29)36-17-13-11-16(12-14-17)25(35)31-21-7-2-1-5-18(21)20(19-6-3-8-22(19)31)15-30-23(32)9-4-10-24(33)34/h1-2,5,7,11-14,19-20,22H,3-4,6,8-10,15H2,(H,30,32)(H,33,34). The monoisotopic (exact) mass is 504 g/mol. The molecule has 2 aromatic rings. The van der Waals surface area contributed by atoms with Crippen molar-refractivity contribution >= 4 is 23.5 Å². The molecule has 3 atom stereocenters. The van der Waals surface area contributed by atoms with Crippen LogP contribution in [0.2, 0.25) is 0 Å². The molecule has 4 rings (SSSR count). The second-order valence-electron chi connectivity index (χ2n) is 9.13. The number of para-hydroxylation sites is 1. The van der Waals surface area contributed by atoms with E-state index in [0.29, 0.717) is 6.54 Å². The van der Waals surface area contributed by atoms with Crippen molar-refractivity contribution in [3.8, 4) is 5.75 Å². The first-order chi connectivity index (χ1) is 17.1. The minimum absolute atomic E-state index is 0.0104. The molecule has 0 saturated heterocycles. The highest BCUT2D eigenvalue weighted by Crippen LogP contribution is 2.49. The predicted octanol–water partition coefficient (Wildman–Crippen LogP) is 4.87. The summed E-state index contributed by atoms with van der Waals surface area (Å²) >= 11 is 0. The minimum Gasteiger partial charge on any atom is -0.481 e. The molecule has 0 aromatic heterocycles. The van der Waals surface area contributed by atoms with Gasteiger partial charge in [0.25, 0.3) is 5.91 Å². The Bertz CT molecular complexity index is 1120. The number of amides is 2. The predicted molar refractivity (Wildman–Crippen MR) is 125 cm³/mol. The number of carbonyl (C=O) groups excluding carboxylic acids is 2. The molecule has 1 aliphatic carbocycles. The van der Waals surface area contributed by atoms with Gasteiger partial charge in [0.1, 0.15) is 5.75 Å². The Hall–Kier alpha value is -3.56. The molecule has 2 amide bonds. The summed E-state index contributed by atoms with van der Waals surface area (Å²) in [6.07, 6.45) is -1.91. The van der Waals surface area contributed by atoms with E-state index in [0.717, 1.165) is 42.6 Å². The molecule has 7 nitrogen and oxygen atoms in total. The van der Waals surface area contributed by atoms with Crippen LogP contribution in [-0.2, 0) is 9.59 Å². The van der Waals surface area contributed by atoms with Gasteiger partial charge < -0.3 is 20.1 Å². The molecule has 10 heteroatoms. The van der Waals surface area contributed by atoms with Crippen molar-refractivity contribution in [1.29, 1.82) is 0 Å². The van der Waals surface area contributed by atoms with Gasteiger partial charge in [0.05, 0.1) is 0 Å². The van der Waals surface area contributed by atoms with E-state index in [1.54, 1.807) is 4.90 Å². The summed E-state index contributed by atoms with van der Waals surface area (Å²) in [7, 11) is 0. The fourth-order valence-corrected chi connectivity index (χ4v) is 5.36. The number of alkyl halides is 3. The first-order valence-electron chi connectivity index (χ1n) is 11.9. The van der Waals surface area contributed by atoms with Crippen LogP contribution in [0.1, 0.15) is 60.4 Å². The van der Waals surface area contributed by atoms with Gasteiger partial charge >= 0.3 is 12.3 Å². The van der Waals surface area contributed by atoms with E-state index in [4.69, 9.17) is 5.11 Å². The van der Waals surface area contributed by atoms with Crippen LogP contribution in [0.4, 0.5) is 18.9 Å². The number of ether oxygens (including phenoxy) is 1. The highest BCUT2D eigenvalue weighted by molar-refractivity contribution is 6.07. The van der Waals surface area contributed by atoms with Crippen molar-refractivity contribution < 1.29 is 37.4 Å². The quantitative estimate of drug-likeness (QED) is 0.535. The zero-order chi connectivity index (χ0) is 25.9. The summed E-state index contributed by atoms with van der Waals surface area (Å²) in [6, 6.07) is 12.3. The third-order valence-corrected chi connectivity index (χ3v) is 6.84. The highest BCUT2D eigenvalue weighted by atomic mass is 19.4. The number of carbonyl (C=O) groups is 3. The van der Waals surface area contributed by atoms with Crippen molar-refractivity contribution in [2.75, 3.05) is 11.4 Å². The van der Waals surface area contributed by atoms with Gasteiger partial charge in [0, 0.05) is 42.6 Å². The number of hydrogen-bond donors (Lipinski definition) is 2. The van der Waals surface area contributed by atoms with Gasteiger partial charge in [-0.3, -0.25) is 14.4 Å². The molecular weight excluding hydrogens is 477 g/mol. The Morgan fingerprint density at radius 3 is 2.44 bits per heavy atom. The number of nitrogens with one attached hydrogen (secondary N) is 1. The third kappa shape index (κ3) is 5.80. The van der Waals surface area contributed by atoms with Crippen molar-refractivity contribution in [3.05, 3.63) is 59.7 Å². The molecule has 3 unspecified atom stereocenters. The molecule has 1 heterocycles. The summed E-state index contributed by atoms with van der Waals surface area (Å²) in [5.41, 5.74) is 1.92. The first kappa shape index (κ1) is 25.5. The fraction of sp³-hybridized carbons (Fsp3) is 0.423. The zero-order valence-electron chi connectivity index (χ0n) is 19.5. The number of nitrogens with zero attached hydrogens (tertiary/aromatic N) is 1. The van der Waals surface area contributed by atoms with Gasteiger partial charge in [0.2, 0.25) is 5.91 Å². The largest absolute Gasteiger partial charge is 0.573 e. The van der Waals surface area contributed by atoms with Gasteiger partial charge in [-0.05, 0) is 61.1 Å². The second-order valence-corrected chi connectivity index (χ2v) is 9.13. The molecule has 0 spiro atoms. The Balaban J connectivity index is 1.54. The number of rotatable bonds is 8. The molecule has 1 aliphatic heterocycles. The number of carboxylic acid groups (broad SMARTS) is 1. The number of carboxylic acids is 1. The van der Waals surface area contributed by atoms with Gasteiger partial charge in [0.15, 0.2) is 0 Å². The zero-order valence-corrected chi connectivity index (χ0v) is 19.5. The summed E-state index contributed by atoms with van der Waals surface area (Å²) in [4.78, 5) is 38.3. The van der Waals surface area contributed by atoms with Crippen LogP contribution in [0.25, 0.3) is 0 Å². The maximum atomic E-state index is 13.6. The maximum Gasteiger partial charge on any atom is 0.573 e. The molecule has 0 bridgehead atoms. The Morgan fingerprint density at radius 2 is 1.75 bits per heavy atom. The number of halogens is 3. The lowest BCUT2D eigenvalue weighted by Crippen LogP contribution is -2.49. The van der Waals surface area contributed by atoms with Gasteiger partial charge in [-0.25, -0.2) is 0 Å².